The third kappa shape index (κ3) is 6.11. The first-order valence-corrected chi connectivity index (χ1v) is 8.71. The van der Waals surface area contributed by atoms with Crippen LogP contribution in [-0.4, -0.2) is 20.3 Å². The molecular weight excluding hydrogens is 288 g/mol. The Morgan fingerprint density at radius 3 is 2.83 bits per heavy atom. The van der Waals surface area contributed by atoms with Crippen molar-refractivity contribution in [2.45, 2.75) is 51.5 Å². The maximum absolute atomic E-state index is 8.57. The molecule has 0 aliphatic heterocycles. The van der Waals surface area contributed by atoms with Crippen LogP contribution in [-0.2, 0) is 6.54 Å². The molecule has 0 spiro atoms. The molecule has 1 fully saturated rings. The van der Waals surface area contributed by atoms with Gasteiger partial charge in [0.15, 0.2) is 11.5 Å². The zero-order valence-corrected chi connectivity index (χ0v) is 14.1. The fourth-order valence-electron chi connectivity index (χ4n) is 3.12. The minimum atomic E-state index is 0.519. The molecule has 126 valence electrons. The van der Waals surface area contributed by atoms with Crippen molar-refractivity contribution in [3.63, 3.8) is 0 Å². The van der Waals surface area contributed by atoms with E-state index in [4.69, 9.17) is 14.7 Å². The van der Waals surface area contributed by atoms with Gasteiger partial charge in [0.1, 0.15) is 0 Å². The van der Waals surface area contributed by atoms with Gasteiger partial charge in [0, 0.05) is 13.0 Å². The van der Waals surface area contributed by atoms with E-state index < -0.39 is 0 Å². The van der Waals surface area contributed by atoms with Crippen LogP contribution in [0.5, 0.6) is 11.5 Å². The third-order valence-electron chi connectivity index (χ3n) is 4.45. The highest BCUT2D eigenvalue weighted by Crippen LogP contribution is 2.29. The highest BCUT2D eigenvalue weighted by atomic mass is 16.5. The second-order valence-electron chi connectivity index (χ2n) is 6.21. The second kappa shape index (κ2) is 10.1. The molecule has 1 aliphatic rings. The van der Waals surface area contributed by atoms with Gasteiger partial charge in [0.2, 0.25) is 0 Å². The van der Waals surface area contributed by atoms with Crippen molar-refractivity contribution in [3.05, 3.63) is 23.8 Å². The maximum atomic E-state index is 8.57. The van der Waals surface area contributed by atoms with Crippen molar-refractivity contribution in [1.82, 2.24) is 5.32 Å². The molecule has 1 aromatic rings. The molecule has 0 radical (unpaired) electrons. The Hall–Kier alpha value is -1.73. The van der Waals surface area contributed by atoms with Crippen molar-refractivity contribution in [2.75, 3.05) is 20.3 Å². The Morgan fingerprint density at radius 2 is 2.09 bits per heavy atom. The van der Waals surface area contributed by atoms with Gasteiger partial charge >= 0.3 is 0 Å². The Bertz CT molecular complexity index is 505. The Labute approximate surface area is 139 Å². The van der Waals surface area contributed by atoms with E-state index >= 15 is 0 Å². The van der Waals surface area contributed by atoms with Crippen LogP contribution in [0.1, 0.15) is 50.5 Å². The lowest BCUT2D eigenvalue weighted by atomic mass is 10.0. The van der Waals surface area contributed by atoms with E-state index in [-0.39, 0.29) is 0 Å². The van der Waals surface area contributed by atoms with Gasteiger partial charge in [-0.15, -0.1) is 0 Å². The van der Waals surface area contributed by atoms with Crippen LogP contribution in [0.25, 0.3) is 0 Å². The van der Waals surface area contributed by atoms with E-state index in [0.29, 0.717) is 13.0 Å². The van der Waals surface area contributed by atoms with Crippen LogP contribution in [0.15, 0.2) is 18.2 Å². The van der Waals surface area contributed by atoms with E-state index in [1.807, 2.05) is 12.1 Å². The van der Waals surface area contributed by atoms with Crippen molar-refractivity contribution in [1.29, 1.82) is 5.26 Å². The van der Waals surface area contributed by atoms with Gasteiger partial charge < -0.3 is 14.8 Å². The fraction of sp³-hybridized carbons (Fsp3) is 0.632. The minimum absolute atomic E-state index is 0.519. The predicted octanol–water partition coefficient (Wildman–Crippen LogP) is 4.05. The highest BCUT2D eigenvalue weighted by molar-refractivity contribution is 5.42. The topological polar surface area (TPSA) is 54.3 Å². The first-order chi connectivity index (χ1) is 11.3. The molecule has 0 unspecified atom stereocenters. The summed E-state index contributed by atoms with van der Waals surface area (Å²) >= 11 is 0. The van der Waals surface area contributed by atoms with E-state index in [2.05, 4.69) is 17.5 Å². The molecule has 0 saturated heterocycles. The quantitative estimate of drug-likeness (QED) is 0.662. The van der Waals surface area contributed by atoms with Gasteiger partial charge in [-0.1, -0.05) is 31.7 Å². The number of benzene rings is 1. The number of methoxy groups -OCH3 is 1. The third-order valence-corrected chi connectivity index (χ3v) is 4.45. The SMILES string of the molecule is COc1ccc(CNCCC2CCCC2)cc1OCCCC#N. The number of unbranched alkanes of at least 4 members (excludes halogenated alkanes) is 1. The van der Waals surface area contributed by atoms with Crippen LogP contribution in [0, 0.1) is 17.2 Å². The summed E-state index contributed by atoms with van der Waals surface area (Å²) in [5.74, 6) is 2.44. The normalized spacial score (nSPS) is 14.6. The second-order valence-corrected chi connectivity index (χ2v) is 6.21. The summed E-state index contributed by atoms with van der Waals surface area (Å²) in [6.07, 6.45) is 8.18. The monoisotopic (exact) mass is 316 g/mol. The van der Waals surface area contributed by atoms with Crippen LogP contribution in [0.3, 0.4) is 0 Å². The van der Waals surface area contributed by atoms with Gasteiger partial charge in [-0.25, -0.2) is 0 Å². The summed E-state index contributed by atoms with van der Waals surface area (Å²) in [6.45, 7) is 2.48. The number of rotatable bonds is 10. The largest absolute Gasteiger partial charge is 0.493 e. The van der Waals surface area contributed by atoms with Gasteiger partial charge in [-0.05, 0) is 43.0 Å². The standard InChI is InChI=1S/C19H28N2O2/c1-22-18-9-8-17(14-19(18)23-13-5-4-11-20)15-21-12-10-16-6-2-3-7-16/h8-9,14,16,21H,2-7,10,12-13,15H2,1H3. The molecule has 0 bridgehead atoms. The summed E-state index contributed by atoms with van der Waals surface area (Å²) in [6, 6.07) is 8.19. The molecule has 4 nitrogen and oxygen atoms in total. The summed E-state index contributed by atoms with van der Waals surface area (Å²) < 4.78 is 11.1. The highest BCUT2D eigenvalue weighted by Gasteiger charge is 2.14. The molecule has 4 heteroatoms. The predicted molar refractivity (Wildman–Crippen MR) is 91.6 cm³/mol. The molecule has 2 rings (SSSR count). The van der Waals surface area contributed by atoms with E-state index in [1.165, 1.54) is 37.7 Å². The zero-order valence-electron chi connectivity index (χ0n) is 14.1. The molecule has 0 aromatic heterocycles. The number of ether oxygens (including phenoxy) is 2. The molecular formula is C19H28N2O2. The van der Waals surface area contributed by atoms with E-state index in [1.54, 1.807) is 7.11 Å². The number of nitrogens with zero attached hydrogens (tertiary/aromatic N) is 1. The Morgan fingerprint density at radius 1 is 1.26 bits per heavy atom. The molecule has 0 atom stereocenters. The first-order valence-electron chi connectivity index (χ1n) is 8.71. The minimum Gasteiger partial charge on any atom is -0.493 e. The summed E-state index contributed by atoms with van der Waals surface area (Å²) in [7, 11) is 1.65. The van der Waals surface area contributed by atoms with Crippen molar-refractivity contribution in [3.8, 4) is 17.6 Å². The van der Waals surface area contributed by atoms with Crippen LogP contribution >= 0.6 is 0 Å². The molecule has 1 aliphatic carbocycles. The van der Waals surface area contributed by atoms with Crippen LogP contribution in [0.4, 0.5) is 0 Å². The number of hydrogen-bond acceptors (Lipinski definition) is 4. The summed E-state index contributed by atoms with van der Waals surface area (Å²) in [5.41, 5.74) is 1.20. The summed E-state index contributed by atoms with van der Waals surface area (Å²) in [4.78, 5) is 0. The molecule has 1 N–H and O–H groups in total. The van der Waals surface area contributed by atoms with Crippen LogP contribution in [0.2, 0.25) is 0 Å². The Kier molecular flexibility index (Phi) is 7.75. The smallest absolute Gasteiger partial charge is 0.161 e. The molecule has 1 saturated carbocycles. The zero-order chi connectivity index (χ0) is 16.3. The lowest BCUT2D eigenvalue weighted by Crippen LogP contribution is -2.17. The van der Waals surface area contributed by atoms with Crippen molar-refractivity contribution < 1.29 is 9.47 Å². The van der Waals surface area contributed by atoms with Gasteiger partial charge in [0.25, 0.3) is 0 Å². The average Bonchev–Trinajstić information content (AvgIpc) is 3.09. The van der Waals surface area contributed by atoms with Crippen LogP contribution < -0.4 is 14.8 Å². The van der Waals surface area contributed by atoms with Gasteiger partial charge in [-0.3, -0.25) is 0 Å². The van der Waals surface area contributed by atoms with Crippen molar-refractivity contribution in [2.24, 2.45) is 5.92 Å². The molecule has 1 aromatic carbocycles. The lowest BCUT2D eigenvalue weighted by Gasteiger charge is -2.13. The molecule has 0 heterocycles. The molecule has 0 amide bonds. The van der Waals surface area contributed by atoms with E-state index in [9.17, 15) is 0 Å². The van der Waals surface area contributed by atoms with Gasteiger partial charge in [-0.2, -0.15) is 5.26 Å². The first kappa shape index (κ1) is 17.6. The lowest BCUT2D eigenvalue weighted by molar-refractivity contribution is 0.290. The average molecular weight is 316 g/mol. The number of nitrogens with one attached hydrogen (secondary N) is 1. The molecule has 23 heavy (non-hydrogen) atoms. The number of nitriles is 1. The summed E-state index contributed by atoms with van der Waals surface area (Å²) in [5, 5.41) is 12.1. The van der Waals surface area contributed by atoms with E-state index in [0.717, 1.165) is 36.9 Å². The van der Waals surface area contributed by atoms with Gasteiger partial charge in [0.05, 0.1) is 19.8 Å². The maximum Gasteiger partial charge on any atom is 0.161 e. The fourth-order valence-corrected chi connectivity index (χ4v) is 3.12. The van der Waals surface area contributed by atoms with Crippen molar-refractivity contribution >= 4 is 0 Å². The number of hydrogen-bond donors (Lipinski definition) is 1. The Balaban J connectivity index is 1.77.